The molecule has 3 rings (SSSR count). The average Bonchev–Trinajstić information content (AvgIpc) is 3.00. The van der Waals surface area contributed by atoms with Gasteiger partial charge in [-0.25, -0.2) is 0 Å². The van der Waals surface area contributed by atoms with Gasteiger partial charge in [-0.1, -0.05) is 108 Å². The van der Waals surface area contributed by atoms with Crippen molar-refractivity contribution < 1.29 is 19.2 Å². The van der Waals surface area contributed by atoms with Crippen LogP contribution in [0.15, 0.2) is 91.0 Å². The van der Waals surface area contributed by atoms with E-state index < -0.39 is 11.8 Å². The highest BCUT2D eigenvalue weighted by Crippen LogP contribution is 2.12. The van der Waals surface area contributed by atoms with Crippen molar-refractivity contribution in [1.82, 2.24) is 0 Å². The monoisotopic (exact) mass is 534 g/mol. The normalized spacial score (nSPS) is 10.4. The molecule has 0 spiro atoms. The molecule has 2 atom stereocenters. The van der Waals surface area contributed by atoms with E-state index in [0.29, 0.717) is 16.9 Å². The summed E-state index contributed by atoms with van der Waals surface area (Å²) in [5, 5.41) is 5.40. The van der Waals surface area contributed by atoms with Crippen LogP contribution in [0.5, 0.6) is 0 Å². The number of ketones is 2. The Labute approximate surface area is 235 Å². The van der Waals surface area contributed by atoms with Gasteiger partial charge in [0.2, 0.25) is 11.8 Å². The lowest BCUT2D eigenvalue weighted by molar-refractivity contribution is -0.129. The number of hydrogen-bond acceptors (Lipinski definition) is 4. The molecule has 0 saturated heterocycles. The third-order valence-electron chi connectivity index (χ3n) is 4.93. The first-order valence-corrected chi connectivity index (χ1v) is 13.6. The van der Waals surface area contributed by atoms with Gasteiger partial charge in [-0.3, -0.25) is 19.2 Å². The zero-order valence-electron chi connectivity index (χ0n) is 24.9. The summed E-state index contributed by atoms with van der Waals surface area (Å²) in [6.45, 7) is 16.6. The topological polar surface area (TPSA) is 92.3 Å². The zero-order valence-corrected chi connectivity index (χ0v) is 24.9. The molecule has 0 aromatic heterocycles. The maximum atomic E-state index is 12.1. The van der Waals surface area contributed by atoms with Crippen molar-refractivity contribution in [2.45, 2.75) is 62.3 Å². The van der Waals surface area contributed by atoms with Gasteiger partial charge in [0.15, 0.2) is 5.78 Å². The minimum Gasteiger partial charge on any atom is -0.325 e. The van der Waals surface area contributed by atoms with Crippen LogP contribution in [-0.2, 0) is 14.4 Å². The molecule has 0 aliphatic rings. The largest absolute Gasteiger partial charge is 0.325 e. The molecule has 2 unspecified atom stereocenters. The van der Waals surface area contributed by atoms with Crippen molar-refractivity contribution in [1.29, 1.82) is 0 Å². The summed E-state index contributed by atoms with van der Waals surface area (Å²) < 4.78 is 0. The molecule has 3 aromatic carbocycles. The molecule has 0 bridgehead atoms. The standard InChI is InChI=1S/C16H15NO2.C11H13NO2.3C2H6/c1-12(15(18)13-8-4-2-5-9-13)16(19)17-14-10-6-3-7-11-14;1-8(9(2)13)11(14)12-10-6-4-3-5-7-10;3*1-2/h2-12H,1H3,(H,17,19);3-8H,1-2H3,(H,12,14);3*1-2H3. The fraction of sp³-hybridized carbons (Fsp3) is 0.333. The average molecular weight is 535 g/mol. The summed E-state index contributed by atoms with van der Waals surface area (Å²) in [5.74, 6) is -2.14. The van der Waals surface area contributed by atoms with E-state index >= 15 is 0 Å². The molecular weight excluding hydrogens is 488 g/mol. The number of carbonyl (C=O) groups is 4. The Kier molecular flexibility index (Phi) is 22.0. The van der Waals surface area contributed by atoms with Crippen molar-refractivity contribution in [2.75, 3.05) is 10.6 Å². The van der Waals surface area contributed by atoms with Crippen LogP contribution >= 0.6 is 0 Å². The van der Waals surface area contributed by atoms with E-state index in [9.17, 15) is 19.2 Å². The lowest BCUT2D eigenvalue weighted by Crippen LogP contribution is -2.27. The van der Waals surface area contributed by atoms with E-state index in [1.165, 1.54) is 6.92 Å². The highest BCUT2D eigenvalue weighted by molar-refractivity contribution is 6.13. The van der Waals surface area contributed by atoms with Crippen molar-refractivity contribution in [3.8, 4) is 0 Å². The van der Waals surface area contributed by atoms with E-state index in [1.54, 1.807) is 62.4 Å². The Hall–Kier alpha value is -4.06. The Morgan fingerprint density at radius 1 is 0.513 bits per heavy atom. The number of nitrogens with one attached hydrogen (secondary N) is 2. The van der Waals surface area contributed by atoms with Crippen LogP contribution in [0.3, 0.4) is 0 Å². The second kappa shape index (κ2) is 23.1. The molecule has 6 nitrogen and oxygen atoms in total. The van der Waals surface area contributed by atoms with Crippen molar-refractivity contribution in [3.63, 3.8) is 0 Å². The SMILES string of the molecule is CC.CC.CC.CC(=O)C(C)C(=O)Nc1ccccc1.CC(C(=O)Nc1ccccc1)C(=O)c1ccccc1. The minimum atomic E-state index is -0.706. The number of carbonyl (C=O) groups excluding carboxylic acids is 4. The number of Topliss-reactive ketones (excluding diaryl/α,β-unsaturated/α-hetero) is 2. The van der Waals surface area contributed by atoms with E-state index in [2.05, 4.69) is 10.6 Å². The third-order valence-corrected chi connectivity index (χ3v) is 4.93. The quantitative estimate of drug-likeness (QED) is 0.237. The summed E-state index contributed by atoms with van der Waals surface area (Å²) in [6, 6.07) is 27.0. The van der Waals surface area contributed by atoms with Gasteiger partial charge in [-0.2, -0.15) is 0 Å². The second-order valence-corrected chi connectivity index (χ2v) is 7.49. The Balaban J connectivity index is 0. The summed E-state index contributed by atoms with van der Waals surface area (Å²) >= 11 is 0. The molecule has 212 valence electrons. The molecular formula is C33H46N2O4. The highest BCUT2D eigenvalue weighted by Gasteiger charge is 2.22. The summed E-state index contributed by atoms with van der Waals surface area (Å²) in [6.07, 6.45) is 0. The molecule has 0 heterocycles. The molecule has 39 heavy (non-hydrogen) atoms. The number of benzene rings is 3. The van der Waals surface area contributed by atoms with Gasteiger partial charge < -0.3 is 10.6 Å². The smallest absolute Gasteiger partial charge is 0.235 e. The maximum absolute atomic E-state index is 12.1. The summed E-state index contributed by atoms with van der Waals surface area (Å²) in [5.41, 5.74) is 1.96. The molecule has 0 radical (unpaired) electrons. The molecule has 0 fully saturated rings. The van der Waals surface area contributed by atoms with Gasteiger partial charge in [0.25, 0.3) is 0 Å². The van der Waals surface area contributed by atoms with Crippen LogP contribution in [0.25, 0.3) is 0 Å². The Morgan fingerprint density at radius 3 is 1.15 bits per heavy atom. The van der Waals surface area contributed by atoms with Crippen LogP contribution in [0.1, 0.15) is 72.7 Å². The minimum absolute atomic E-state index is 0.126. The number of amides is 2. The number of hydrogen-bond donors (Lipinski definition) is 2. The van der Waals surface area contributed by atoms with Gasteiger partial charge in [-0.15, -0.1) is 0 Å². The number of para-hydroxylation sites is 2. The van der Waals surface area contributed by atoms with E-state index in [4.69, 9.17) is 0 Å². The van der Waals surface area contributed by atoms with Crippen molar-refractivity contribution >= 4 is 34.8 Å². The second-order valence-electron chi connectivity index (χ2n) is 7.49. The van der Waals surface area contributed by atoms with Gasteiger partial charge in [0, 0.05) is 16.9 Å². The van der Waals surface area contributed by atoms with Crippen LogP contribution in [0.4, 0.5) is 11.4 Å². The molecule has 3 aromatic rings. The lowest BCUT2D eigenvalue weighted by atomic mass is 9.98. The molecule has 2 N–H and O–H groups in total. The lowest BCUT2D eigenvalue weighted by Gasteiger charge is -2.11. The van der Waals surface area contributed by atoms with Crippen LogP contribution in [-0.4, -0.2) is 23.4 Å². The molecule has 0 saturated carbocycles. The highest BCUT2D eigenvalue weighted by atomic mass is 16.2. The van der Waals surface area contributed by atoms with Crippen LogP contribution < -0.4 is 10.6 Å². The van der Waals surface area contributed by atoms with Crippen molar-refractivity contribution in [3.05, 3.63) is 96.6 Å². The van der Waals surface area contributed by atoms with Gasteiger partial charge in [0.1, 0.15) is 5.78 Å². The fourth-order valence-electron chi connectivity index (χ4n) is 2.70. The van der Waals surface area contributed by atoms with E-state index in [1.807, 2.05) is 84.0 Å². The predicted molar refractivity (Wildman–Crippen MR) is 164 cm³/mol. The first-order valence-electron chi connectivity index (χ1n) is 13.6. The fourth-order valence-corrected chi connectivity index (χ4v) is 2.70. The predicted octanol–water partition coefficient (Wildman–Crippen LogP) is 8.07. The number of anilines is 2. The van der Waals surface area contributed by atoms with Gasteiger partial charge in [-0.05, 0) is 45.0 Å². The zero-order chi connectivity index (χ0) is 30.2. The van der Waals surface area contributed by atoms with Gasteiger partial charge in [0.05, 0.1) is 11.8 Å². The van der Waals surface area contributed by atoms with Crippen LogP contribution in [0, 0.1) is 11.8 Å². The van der Waals surface area contributed by atoms with Gasteiger partial charge >= 0.3 is 0 Å². The number of rotatable bonds is 7. The maximum Gasteiger partial charge on any atom is 0.235 e. The molecule has 2 amide bonds. The first-order chi connectivity index (χ1) is 18.8. The Morgan fingerprint density at radius 2 is 0.821 bits per heavy atom. The van der Waals surface area contributed by atoms with Crippen LogP contribution in [0.2, 0.25) is 0 Å². The third kappa shape index (κ3) is 15.1. The summed E-state index contributed by atoms with van der Waals surface area (Å²) in [4.78, 5) is 46.4. The van der Waals surface area contributed by atoms with Crippen molar-refractivity contribution in [2.24, 2.45) is 11.8 Å². The Bertz CT molecular complexity index is 1070. The summed E-state index contributed by atoms with van der Waals surface area (Å²) in [7, 11) is 0. The van der Waals surface area contributed by atoms with E-state index in [-0.39, 0.29) is 23.4 Å². The molecule has 0 aliphatic carbocycles. The first kappa shape index (κ1) is 37.1. The van der Waals surface area contributed by atoms with E-state index in [0.717, 1.165) is 0 Å². The molecule has 6 heteroatoms. The molecule has 0 aliphatic heterocycles.